The van der Waals surface area contributed by atoms with Gasteiger partial charge in [0.05, 0.1) is 5.69 Å². The van der Waals surface area contributed by atoms with E-state index in [1.807, 2.05) is 18.2 Å². The molecule has 0 aliphatic heterocycles. The lowest BCUT2D eigenvalue weighted by atomic mass is 10.1. The second-order valence-corrected chi connectivity index (χ2v) is 2.98. The molecule has 2 N–H and O–H groups in total. The van der Waals surface area contributed by atoms with E-state index in [-0.39, 0.29) is 0 Å². The van der Waals surface area contributed by atoms with E-state index in [4.69, 9.17) is 5.73 Å². The van der Waals surface area contributed by atoms with Crippen LogP contribution in [0.3, 0.4) is 0 Å². The first kappa shape index (κ1) is 8.62. The highest BCUT2D eigenvalue weighted by atomic mass is 15.1. The summed E-state index contributed by atoms with van der Waals surface area (Å²) >= 11 is 0. The van der Waals surface area contributed by atoms with Crippen molar-refractivity contribution in [1.82, 2.24) is 15.2 Å². The van der Waals surface area contributed by atoms with E-state index in [1.54, 1.807) is 18.5 Å². The molecule has 2 aromatic rings. The average Bonchev–Trinajstić information content (AvgIpc) is 2.23. The minimum absolute atomic E-state index is 0.448. The standard InChI is InChI=1S/C10H10N4/c11-10-2-1-9(13-14-10)7-8-3-5-12-6-4-8/h1-6H,7H2,(H2,11,14). The predicted octanol–water partition coefficient (Wildman–Crippen LogP) is 1.04. The van der Waals surface area contributed by atoms with E-state index in [1.165, 1.54) is 5.56 Å². The molecule has 0 bridgehead atoms. The predicted molar refractivity (Wildman–Crippen MR) is 53.5 cm³/mol. The minimum atomic E-state index is 0.448. The smallest absolute Gasteiger partial charge is 0.146 e. The Morgan fingerprint density at radius 2 is 1.79 bits per heavy atom. The van der Waals surface area contributed by atoms with Gasteiger partial charge in [-0.3, -0.25) is 4.98 Å². The topological polar surface area (TPSA) is 64.7 Å². The van der Waals surface area contributed by atoms with Gasteiger partial charge >= 0.3 is 0 Å². The van der Waals surface area contributed by atoms with Crippen molar-refractivity contribution in [2.75, 3.05) is 5.73 Å². The molecule has 0 unspecified atom stereocenters. The van der Waals surface area contributed by atoms with Gasteiger partial charge in [-0.2, -0.15) is 5.10 Å². The summed E-state index contributed by atoms with van der Waals surface area (Å²) in [6.07, 6.45) is 4.29. The molecule has 70 valence electrons. The number of rotatable bonds is 2. The molecule has 2 rings (SSSR count). The molecule has 0 amide bonds. The molecule has 0 saturated carbocycles. The van der Waals surface area contributed by atoms with Gasteiger partial charge in [0, 0.05) is 18.8 Å². The molecule has 14 heavy (non-hydrogen) atoms. The SMILES string of the molecule is Nc1ccc(Cc2ccncc2)nn1. The zero-order chi connectivity index (χ0) is 9.80. The molecule has 0 aromatic carbocycles. The maximum Gasteiger partial charge on any atom is 0.146 e. The van der Waals surface area contributed by atoms with Crippen LogP contribution < -0.4 is 5.73 Å². The molecule has 0 spiro atoms. The molecule has 0 atom stereocenters. The van der Waals surface area contributed by atoms with E-state index < -0.39 is 0 Å². The first-order valence-electron chi connectivity index (χ1n) is 4.31. The number of pyridine rings is 1. The van der Waals surface area contributed by atoms with Gasteiger partial charge in [-0.1, -0.05) is 0 Å². The van der Waals surface area contributed by atoms with E-state index in [0.29, 0.717) is 5.82 Å². The second-order valence-electron chi connectivity index (χ2n) is 2.98. The molecule has 0 fully saturated rings. The number of nitrogen functional groups attached to an aromatic ring is 1. The van der Waals surface area contributed by atoms with Crippen LogP contribution >= 0.6 is 0 Å². The number of nitrogens with zero attached hydrogens (tertiary/aromatic N) is 3. The Morgan fingerprint density at radius 1 is 1.00 bits per heavy atom. The van der Waals surface area contributed by atoms with Gasteiger partial charge in [0.25, 0.3) is 0 Å². The van der Waals surface area contributed by atoms with E-state index >= 15 is 0 Å². The largest absolute Gasteiger partial charge is 0.382 e. The van der Waals surface area contributed by atoms with Crippen molar-refractivity contribution in [3.05, 3.63) is 47.9 Å². The summed E-state index contributed by atoms with van der Waals surface area (Å²) in [5.74, 6) is 0.448. The van der Waals surface area contributed by atoms with Crippen molar-refractivity contribution < 1.29 is 0 Å². The Labute approximate surface area is 81.8 Å². The van der Waals surface area contributed by atoms with Crippen molar-refractivity contribution in [2.45, 2.75) is 6.42 Å². The summed E-state index contributed by atoms with van der Waals surface area (Å²) in [6, 6.07) is 7.54. The average molecular weight is 186 g/mol. The van der Waals surface area contributed by atoms with Crippen molar-refractivity contribution in [2.24, 2.45) is 0 Å². The minimum Gasteiger partial charge on any atom is -0.382 e. The lowest BCUT2D eigenvalue weighted by molar-refractivity contribution is 0.943. The van der Waals surface area contributed by atoms with Crippen molar-refractivity contribution in [1.29, 1.82) is 0 Å². The Kier molecular flexibility index (Phi) is 2.36. The van der Waals surface area contributed by atoms with Crippen LogP contribution in [0, 0.1) is 0 Å². The number of hydrogen-bond acceptors (Lipinski definition) is 4. The Bertz CT molecular complexity index is 396. The summed E-state index contributed by atoms with van der Waals surface area (Å²) in [5.41, 5.74) is 7.51. The van der Waals surface area contributed by atoms with Crippen molar-refractivity contribution in [3.8, 4) is 0 Å². The zero-order valence-electron chi connectivity index (χ0n) is 7.59. The Hall–Kier alpha value is -1.97. The van der Waals surface area contributed by atoms with Gasteiger partial charge in [0.15, 0.2) is 0 Å². The van der Waals surface area contributed by atoms with Crippen LogP contribution in [-0.2, 0) is 6.42 Å². The molecule has 2 aromatic heterocycles. The third-order valence-electron chi connectivity index (χ3n) is 1.87. The van der Waals surface area contributed by atoms with E-state index in [0.717, 1.165) is 12.1 Å². The van der Waals surface area contributed by atoms with Crippen LogP contribution in [0.4, 0.5) is 5.82 Å². The van der Waals surface area contributed by atoms with Crippen LogP contribution in [0.5, 0.6) is 0 Å². The molecular weight excluding hydrogens is 176 g/mol. The van der Waals surface area contributed by atoms with Crippen LogP contribution in [0.25, 0.3) is 0 Å². The molecule has 0 radical (unpaired) electrons. The second kappa shape index (κ2) is 3.83. The van der Waals surface area contributed by atoms with Gasteiger partial charge in [0.1, 0.15) is 5.82 Å². The highest BCUT2D eigenvalue weighted by Gasteiger charge is 1.97. The maximum atomic E-state index is 5.44. The van der Waals surface area contributed by atoms with Gasteiger partial charge in [-0.25, -0.2) is 0 Å². The fourth-order valence-corrected chi connectivity index (χ4v) is 1.17. The number of anilines is 1. The third kappa shape index (κ3) is 2.04. The summed E-state index contributed by atoms with van der Waals surface area (Å²) in [6.45, 7) is 0. The van der Waals surface area contributed by atoms with Gasteiger partial charge in [-0.15, -0.1) is 5.10 Å². The van der Waals surface area contributed by atoms with Crippen LogP contribution in [0.15, 0.2) is 36.7 Å². The van der Waals surface area contributed by atoms with Crippen molar-refractivity contribution in [3.63, 3.8) is 0 Å². The lowest BCUT2D eigenvalue weighted by Crippen LogP contribution is -1.97. The van der Waals surface area contributed by atoms with Crippen LogP contribution in [-0.4, -0.2) is 15.2 Å². The molecule has 2 heterocycles. The van der Waals surface area contributed by atoms with E-state index in [9.17, 15) is 0 Å². The van der Waals surface area contributed by atoms with Gasteiger partial charge in [0.2, 0.25) is 0 Å². The van der Waals surface area contributed by atoms with Crippen LogP contribution in [0.2, 0.25) is 0 Å². The fraction of sp³-hybridized carbons (Fsp3) is 0.100. The highest BCUT2D eigenvalue weighted by Crippen LogP contribution is 2.05. The number of nitrogens with two attached hydrogens (primary N) is 1. The summed E-state index contributed by atoms with van der Waals surface area (Å²) in [4.78, 5) is 3.95. The first-order valence-corrected chi connectivity index (χ1v) is 4.31. The zero-order valence-corrected chi connectivity index (χ0v) is 7.59. The summed E-state index contributed by atoms with van der Waals surface area (Å²) < 4.78 is 0. The number of hydrogen-bond donors (Lipinski definition) is 1. The third-order valence-corrected chi connectivity index (χ3v) is 1.87. The molecule has 4 nitrogen and oxygen atoms in total. The monoisotopic (exact) mass is 186 g/mol. The normalized spacial score (nSPS) is 10.0. The van der Waals surface area contributed by atoms with Gasteiger partial charge < -0.3 is 5.73 Å². The fourth-order valence-electron chi connectivity index (χ4n) is 1.17. The molecular formula is C10H10N4. The maximum absolute atomic E-state index is 5.44. The lowest BCUT2D eigenvalue weighted by Gasteiger charge is -1.99. The summed E-state index contributed by atoms with van der Waals surface area (Å²) in [7, 11) is 0. The van der Waals surface area contributed by atoms with Crippen molar-refractivity contribution >= 4 is 5.82 Å². The van der Waals surface area contributed by atoms with E-state index in [2.05, 4.69) is 15.2 Å². The molecule has 0 aliphatic rings. The Balaban J connectivity index is 2.16. The first-order chi connectivity index (χ1) is 6.84. The van der Waals surface area contributed by atoms with Crippen LogP contribution in [0.1, 0.15) is 11.3 Å². The summed E-state index contributed by atoms with van der Waals surface area (Å²) in [5, 5.41) is 7.77. The molecule has 0 aliphatic carbocycles. The molecule has 4 heteroatoms. The Morgan fingerprint density at radius 3 is 2.43 bits per heavy atom. The highest BCUT2D eigenvalue weighted by molar-refractivity contribution is 5.27. The number of aromatic nitrogens is 3. The quantitative estimate of drug-likeness (QED) is 0.761. The molecule has 0 saturated heterocycles. The van der Waals surface area contributed by atoms with Gasteiger partial charge in [-0.05, 0) is 29.8 Å².